The number of nitrogens with one attached hydrogen (secondary N) is 3. The van der Waals surface area contributed by atoms with Gasteiger partial charge in [-0.15, -0.1) is 0 Å². The van der Waals surface area contributed by atoms with Gasteiger partial charge in [-0.05, 0) is 48.5 Å². The van der Waals surface area contributed by atoms with Crippen molar-refractivity contribution in [3.05, 3.63) is 78.1 Å². The molecule has 0 bridgehead atoms. The highest BCUT2D eigenvalue weighted by atomic mass is 35.5. The number of anilines is 4. The minimum absolute atomic E-state index is 0.116. The smallest absolute Gasteiger partial charge is 0.314 e. The molecule has 0 aliphatic heterocycles. The maximum absolute atomic E-state index is 12.0. The van der Waals surface area contributed by atoms with Crippen molar-refractivity contribution in [2.75, 3.05) is 16.0 Å². The first-order chi connectivity index (χ1) is 12.6. The molecule has 130 valence electrons. The van der Waals surface area contributed by atoms with Gasteiger partial charge in [0.05, 0.1) is 5.69 Å². The molecular formula is C19H15ClN4O2. The molecule has 0 saturated heterocycles. The first-order valence-electron chi connectivity index (χ1n) is 7.77. The fourth-order valence-electron chi connectivity index (χ4n) is 2.17. The number of carbonyl (C=O) groups excluding carboxylic acids is 2. The monoisotopic (exact) mass is 366 g/mol. The van der Waals surface area contributed by atoms with Gasteiger partial charge in [-0.1, -0.05) is 29.8 Å². The van der Waals surface area contributed by atoms with Gasteiger partial charge in [0.25, 0.3) is 0 Å². The SMILES string of the molecule is O=C(Nc1ccc(Nc2ccccc2)cc1)C(=O)Nc1cccnc1Cl. The van der Waals surface area contributed by atoms with Crippen LogP contribution < -0.4 is 16.0 Å². The van der Waals surface area contributed by atoms with E-state index in [-0.39, 0.29) is 10.8 Å². The molecule has 3 aromatic rings. The van der Waals surface area contributed by atoms with Gasteiger partial charge in [-0.25, -0.2) is 4.98 Å². The van der Waals surface area contributed by atoms with E-state index in [4.69, 9.17) is 11.6 Å². The third kappa shape index (κ3) is 4.58. The number of amides is 2. The van der Waals surface area contributed by atoms with Crippen LogP contribution in [-0.4, -0.2) is 16.8 Å². The molecule has 0 radical (unpaired) electrons. The summed E-state index contributed by atoms with van der Waals surface area (Å²) >= 11 is 5.85. The van der Waals surface area contributed by atoms with Crippen LogP contribution in [0.3, 0.4) is 0 Å². The average Bonchev–Trinajstić information content (AvgIpc) is 2.66. The summed E-state index contributed by atoms with van der Waals surface area (Å²) in [6.07, 6.45) is 1.49. The molecule has 0 saturated carbocycles. The Labute approximate surface area is 155 Å². The van der Waals surface area contributed by atoms with Gasteiger partial charge in [-0.2, -0.15) is 0 Å². The van der Waals surface area contributed by atoms with Crippen molar-refractivity contribution in [2.24, 2.45) is 0 Å². The van der Waals surface area contributed by atoms with Gasteiger partial charge in [0.2, 0.25) is 0 Å². The fraction of sp³-hybridized carbons (Fsp3) is 0. The topological polar surface area (TPSA) is 83.1 Å². The van der Waals surface area contributed by atoms with Crippen molar-refractivity contribution in [3.63, 3.8) is 0 Å². The van der Waals surface area contributed by atoms with E-state index in [2.05, 4.69) is 20.9 Å². The van der Waals surface area contributed by atoms with Crippen LogP contribution >= 0.6 is 11.6 Å². The summed E-state index contributed by atoms with van der Waals surface area (Å²) in [4.78, 5) is 27.8. The van der Waals surface area contributed by atoms with Crippen LogP contribution in [0.25, 0.3) is 0 Å². The van der Waals surface area contributed by atoms with E-state index < -0.39 is 11.8 Å². The normalized spacial score (nSPS) is 10.0. The van der Waals surface area contributed by atoms with Crippen molar-refractivity contribution < 1.29 is 9.59 Å². The number of nitrogens with zero attached hydrogens (tertiary/aromatic N) is 1. The Balaban J connectivity index is 1.59. The zero-order valence-corrected chi connectivity index (χ0v) is 14.3. The lowest BCUT2D eigenvalue weighted by molar-refractivity contribution is -0.132. The van der Waals surface area contributed by atoms with E-state index in [0.717, 1.165) is 11.4 Å². The van der Waals surface area contributed by atoms with E-state index in [9.17, 15) is 9.59 Å². The fourth-order valence-corrected chi connectivity index (χ4v) is 2.34. The quantitative estimate of drug-likeness (QED) is 0.480. The second kappa shape index (κ2) is 8.13. The second-order valence-corrected chi connectivity index (χ2v) is 5.68. The molecule has 1 heterocycles. The summed E-state index contributed by atoms with van der Waals surface area (Å²) in [5.41, 5.74) is 2.59. The zero-order chi connectivity index (χ0) is 18.4. The van der Waals surface area contributed by atoms with Crippen LogP contribution in [0.2, 0.25) is 5.15 Å². The standard InChI is InChI=1S/C19H15ClN4O2/c20-17-16(7-4-12-21-17)24-19(26)18(25)23-15-10-8-14(9-11-15)22-13-5-2-1-3-6-13/h1-12,22H,(H,23,25)(H,24,26). The van der Waals surface area contributed by atoms with E-state index in [0.29, 0.717) is 5.69 Å². The molecule has 3 rings (SSSR count). The lowest BCUT2D eigenvalue weighted by atomic mass is 10.2. The number of hydrogen-bond acceptors (Lipinski definition) is 4. The predicted molar refractivity (Wildman–Crippen MR) is 103 cm³/mol. The second-order valence-electron chi connectivity index (χ2n) is 5.32. The van der Waals surface area contributed by atoms with Crippen molar-refractivity contribution in [3.8, 4) is 0 Å². The summed E-state index contributed by atoms with van der Waals surface area (Å²) in [7, 11) is 0. The number of carbonyl (C=O) groups is 2. The number of halogens is 1. The van der Waals surface area contributed by atoms with E-state index in [1.54, 1.807) is 36.4 Å². The van der Waals surface area contributed by atoms with Crippen molar-refractivity contribution >= 4 is 46.2 Å². The summed E-state index contributed by atoms with van der Waals surface area (Å²) in [6.45, 7) is 0. The Kier molecular flexibility index (Phi) is 5.46. The summed E-state index contributed by atoms with van der Waals surface area (Å²) in [5.74, 6) is -1.62. The van der Waals surface area contributed by atoms with E-state index in [1.807, 2.05) is 30.3 Å². The van der Waals surface area contributed by atoms with Crippen LogP contribution in [0.15, 0.2) is 72.9 Å². The zero-order valence-electron chi connectivity index (χ0n) is 13.6. The molecule has 3 N–H and O–H groups in total. The van der Waals surface area contributed by atoms with Gasteiger partial charge >= 0.3 is 11.8 Å². The molecule has 2 aromatic carbocycles. The number of pyridine rings is 1. The van der Waals surface area contributed by atoms with Crippen molar-refractivity contribution in [2.45, 2.75) is 0 Å². The van der Waals surface area contributed by atoms with Crippen molar-refractivity contribution in [1.29, 1.82) is 0 Å². The Bertz CT molecular complexity index is 914. The minimum atomic E-state index is -0.827. The van der Waals surface area contributed by atoms with Crippen LogP contribution in [0.5, 0.6) is 0 Å². The third-order valence-electron chi connectivity index (χ3n) is 3.42. The molecule has 0 atom stereocenters. The van der Waals surface area contributed by atoms with Crippen molar-refractivity contribution in [1.82, 2.24) is 4.98 Å². The molecule has 7 heteroatoms. The molecule has 0 unspecified atom stereocenters. The lowest BCUT2D eigenvalue weighted by Gasteiger charge is -2.09. The first-order valence-corrected chi connectivity index (χ1v) is 8.14. The van der Waals surface area contributed by atoms with Crippen LogP contribution in [0.1, 0.15) is 0 Å². The number of hydrogen-bond donors (Lipinski definition) is 3. The predicted octanol–water partition coefficient (Wildman–Crippen LogP) is 4.06. The van der Waals surface area contributed by atoms with Crippen LogP contribution in [0, 0.1) is 0 Å². The molecule has 6 nitrogen and oxygen atoms in total. The average molecular weight is 367 g/mol. The number of aromatic nitrogens is 1. The molecule has 0 aliphatic carbocycles. The van der Waals surface area contributed by atoms with Gasteiger partial charge in [0.15, 0.2) is 5.15 Å². The maximum Gasteiger partial charge on any atom is 0.314 e. The Morgan fingerprint density at radius 2 is 1.35 bits per heavy atom. The van der Waals surface area contributed by atoms with E-state index >= 15 is 0 Å². The number of rotatable bonds is 4. The number of benzene rings is 2. The summed E-state index contributed by atoms with van der Waals surface area (Å²) < 4.78 is 0. The molecule has 2 amide bonds. The highest BCUT2D eigenvalue weighted by Crippen LogP contribution is 2.19. The molecule has 0 spiro atoms. The van der Waals surface area contributed by atoms with Crippen LogP contribution in [-0.2, 0) is 9.59 Å². The Hall–Kier alpha value is -3.38. The van der Waals surface area contributed by atoms with Gasteiger partial charge in [-0.3, -0.25) is 9.59 Å². The minimum Gasteiger partial charge on any atom is -0.356 e. The van der Waals surface area contributed by atoms with Gasteiger partial charge < -0.3 is 16.0 Å². The Morgan fingerprint density at radius 1 is 0.731 bits per heavy atom. The highest BCUT2D eigenvalue weighted by molar-refractivity contribution is 6.44. The number of para-hydroxylation sites is 1. The maximum atomic E-state index is 12.0. The first kappa shape index (κ1) is 17.4. The van der Waals surface area contributed by atoms with E-state index in [1.165, 1.54) is 6.20 Å². The molecule has 0 fully saturated rings. The van der Waals surface area contributed by atoms with Gasteiger partial charge in [0.1, 0.15) is 0 Å². The molecule has 26 heavy (non-hydrogen) atoms. The van der Waals surface area contributed by atoms with Crippen LogP contribution in [0.4, 0.5) is 22.7 Å². The summed E-state index contributed by atoms with van der Waals surface area (Å²) in [5, 5.41) is 8.29. The third-order valence-corrected chi connectivity index (χ3v) is 3.72. The summed E-state index contributed by atoms with van der Waals surface area (Å²) in [6, 6.07) is 19.9. The highest BCUT2D eigenvalue weighted by Gasteiger charge is 2.15. The Morgan fingerprint density at radius 3 is 2.04 bits per heavy atom. The lowest BCUT2D eigenvalue weighted by Crippen LogP contribution is -2.29. The van der Waals surface area contributed by atoms with Gasteiger partial charge in [0, 0.05) is 23.3 Å². The molecule has 0 aliphatic rings. The molecule has 1 aromatic heterocycles. The largest absolute Gasteiger partial charge is 0.356 e. The molecular weight excluding hydrogens is 352 g/mol.